The van der Waals surface area contributed by atoms with E-state index in [1.807, 2.05) is 32.0 Å². The lowest BCUT2D eigenvalue weighted by molar-refractivity contribution is 0.264. The molecule has 0 saturated carbocycles. The van der Waals surface area contributed by atoms with Gasteiger partial charge >= 0.3 is 0 Å². The van der Waals surface area contributed by atoms with Crippen molar-refractivity contribution in [1.82, 2.24) is 5.32 Å². The molecule has 104 valence electrons. The molecule has 0 radical (unpaired) electrons. The predicted molar refractivity (Wildman–Crippen MR) is 78.3 cm³/mol. The van der Waals surface area contributed by atoms with Crippen LogP contribution in [0.4, 0.5) is 0 Å². The number of ether oxygens (including phenoxy) is 1. The smallest absolute Gasteiger partial charge is 0.137 e. The molecule has 0 aliphatic carbocycles. The summed E-state index contributed by atoms with van der Waals surface area (Å²) in [5, 5.41) is 12.8. The maximum atomic E-state index is 8.93. The van der Waals surface area contributed by atoms with Crippen molar-refractivity contribution in [2.24, 2.45) is 5.41 Å². The normalized spacial score (nSPS) is 11.1. The summed E-state index contributed by atoms with van der Waals surface area (Å²) in [5.41, 5.74) is 0.772. The zero-order valence-electron chi connectivity index (χ0n) is 11.8. The summed E-state index contributed by atoms with van der Waals surface area (Å²) in [6, 6.07) is 8.05. The van der Waals surface area contributed by atoms with Crippen molar-refractivity contribution in [3.8, 4) is 11.8 Å². The first kappa shape index (κ1) is 15.8. The molecule has 0 saturated heterocycles. The fourth-order valence-electron chi connectivity index (χ4n) is 1.51. The van der Waals surface area contributed by atoms with E-state index in [2.05, 4.69) is 18.3 Å². The number of hydrogen-bond acceptors (Lipinski definition) is 3. The molecule has 0 heterocycles. The van der Waals surface area contributed by atoms with Crippen molar-refractivity contribution in [3.05, 3.63) is 28.8 Å². The van der Waals surface area contributed by atoms with E-state index in [9.17, 15) is 0 Å². The Hall–Kier alpha value is -1.24. The maximum absolute atomic E-state index is 8.93. The highest BCUT2D eigenvalue weighted by atomic mass is 35.5. The van der Waals surface area contributed by atoms with Gasteiger partial charge in [-0.3, -0.25) is 0 Å². The lowest BCUT2D eigenvalue weighted by atomic mass is 9.92. The average molecular weight is 281 g/mol. The second-order valence-electron chi connectivity index (χ2n) is 5.14. The SMILES string of the molecule is CCNCc1ccc(OCCC(C)(C)C#N)c(Cl)c1. The van der Waals surface area contributed by atoms with Crippen LogP contribution in [0.3, 0.4) is 0 Å². The number of nitrogens with one attached hydrogen (secondary N) is 1. The van der Waals surface area contributed by atoms with Gasteiger partial charge in [0.15, 0.2) is 0 Å². The van der Waals surface area contributed by atoms with Gasteiger partial charge in [-0.2, -0.15) is 5.26 Å². The number of hydrogen-bond donors (Lipinski definition) is 1. The number of halogens is 1. The van der Waals surface area contributed by atoms with Crippen LogP contribution in [0.1, 0.15) is 32.8 Å². The molecule has 4 heteroatoms. The van der Waals surface area contributed by atoms with E-state index < -0.39 is 0 Å². The number of nitriles is 1. The van der Waals surface area contributed by atoms with Crippen LogP contribution in [-0.4, -0.2) is 13.2 Å². The predicted octanol–water partition coefficient (Wildman–Crippen LogP) is 3.77. The van der Waals surface area contributed by atoms with E-state index >= 15 is 0 Å². The largest absolute Gasteiger partial charge is 0.492 e. The first-order chi connectivity index (χ1) is 8.98. The molecule has 0 unspecified atom stereocenters. The molecule has 3 nitrogen and oxygen atoms in total. The molecular weight excluding hydrogens is 260 g/mol. The first-order valence-electron chi connectivity index (χ1n) is 6.51. The van der Waals surface area contributed by atoms with Gasteiger partial charge in [0.25, 0.3) is 0 Å². The molecule has 0 fully saturated rings. The van der Waals surface area contributed by atoms with Gasteiger partial charge < -0.3 is 10.1 Å². The van der Waals surface area contributed by atoms with Gasteiger partial charge in [0.2, 0.25) is 0 Å². The Kier molecular flexibility index (Phi) is 6.14. The minimum atomic E-state index is -0.364. The third-order valence-electron chi connectivity index (χ3n) is 2.86. The van der Waals surface area contributed by atoms with Crippen LogP contribution in [0, 0.1) is 16.7 Å². The quantitative estimate of drug-likeness (QED) is 0.827. The van der Waals surface area contributed by atoms with Gasteiger partial charge in [-0.05, 0) is 44.5 Å². The fourth-order valence-corrected chi connectivity index (χ4v) is 1.77. The van der Waals surface area contributed by atoms with Gasteiger partial charge in [0.1, 0.15) is 5.75 Å². The van der Waals surface area contributed by atoms with Crippen LogP contribution in [0.15, 0.2) is 18.2 Å². The van der Waals surface area contributed by atoms with E-state index in [0.717, 1.165) is 18.7 Å². The molecule has 0 atom stereocenters. The van der Waals surface area contributed by atoms with E-state index in [1.54, 1.807) is 0 Å². The number of rotatable bonds is 7. The van der Waals surface area contributed by atoms with Gasteiger partial charge in [-0.1, -0.05) is 24.6 Å². The van der Waals surface area contributed by atoms with E-state index in [1.165, 1.54) is 0 Å². The van der Waals surface area contributed by atoms with Crippen LogP contribution in [-0.2, 0) is 6.54 Å². The van der Waals surface area contributed by atoms with Gasteiger partial charge in [-0.15, -0.1) is 0 Å². The Morgan fingerprint density at radius 3 is 2.74 bits per heavy atom. The van der Waals surface area contributed by atoms with Crippen molar-refractivity contribution < 1.29 is 4.74 Å². The molecule has 0 aromatic heterocycles. The Labute approximate surface area is 120 Å². The number of benzene rings is 1. The molecule has 0 spiro atoms. The third-order valence-corrected chi connectivity index (χ3v) is 3.16. The average Bonchev–Trinajstić information content (AvgIpc) is 2.38. The summed E-state index contributed by atoms with van der Waals surface area (Å²) in [6.45, 7) is 8.09. The standard InChI is InChI=1S/C15H21ClN2O/c1-4-18-10-12-5-6-14(13(16)9-12)19-8-7-15(2,3)11-17/h5-6,9,18H,4,7-8,10H2,1-3H3. The third kappa shape index (κ3) is 5.50. The zero-order valence-corrected chi connectivity index (χ0v) is 12.5. The summed E-state index contributed by atoms with van der Waals surface area (Å²) in [6.07, 6.45) is 0.680. The second kappa shape index (κ2) is 7.37. The van der Waals surface area contributed by atoms with Crippen LogP contribution < -0.4 is 10.1 Å². The summed E-state index contributed by atoms with van der Waals surface area (Å²) < 4.78 is 5.63. The Bertz CT molecular complexity index is 452. The first-order valence-corrected chi connectivity index (χ1v) is 6.89. The zero-order chi connectivity index (χ0) is 14.3. The topological polar surface area (TPSA) is 45.0 Å². The van der Waals surface area contributed by atoms with E-state index in [-0.39, 0.29) is 5.41 Å². The Morgan fingerprint density at radius 2 is 2.16 bits per heavy atom. The van der Waals surface area contributed by atoms with Crippen molar-refractivity contribution in [1.29, 1.82) is 5.26 Å². The number of nitrogens with zero attached hydrogens (tertiary/aromatic N) is 1. The van der Waals surface area contributed by atoms with Crippen molar-refractivity contribution in [2.45, 2.75) is 33.7 Å². The molecule has 1 rings (SSSR count). The highest BCUT2D eigenvalue weighted by Gasteiger charge is 2.16. The molecule has 1 aromatic carbocycles. The minimum Gasteiger partial charge on any atom is -0.492 e. The summed E-state index contributed by atoms with van der Waals surface area (Å²) in [7, 11) is 0. The van der Waals surface area contributed by atoms with Gasteiger partial charge in [0, 0.05) is 6.54 Å². The minimum absolute atomic E-state index is 0.364. The molecule has 0 aliphatic heterocycles. The van der Waals surface area contributed by atoms with Crippen molar-refractivity contribution in [2.75, 3.05) is 13.2 Å². The second-order valence-corrected chi connectivity index (χ2v) is 5.55. The highest BCUT2D eigenvalue weighted by Crippen LogP contribution is 2.27. The Balaban J connectivity index is 2.54. The summed E-state index contributed by atoms with van der Waals surface area (Å²) in [4.78, 5) is 0. The van der Waals surface area contributed by atoms with Crippen LogP contribution in [0.5, 0.6) is 5.75 Å². The monoisotopic (exact) mass is 280 g/mol. The molecule has 19 heavy (non-hydrogen) atoms. The van der Waals surface area contributed by atoms with Gasteiger partial charge in [-0.25, -0.2) is 0 Å². The van der Waals surface area contributed by atoms with Crippen LogP contribution in [0.2, 0.25) is 5.02 Å². The molecule has 1 aromatic rings. The molecule has 0 amide bonds. The fraction of sp³-hybridized carbons (Fsp3) is 0.533. The molecule has 1 N–H and O–H groups in total. The lowest BCUT2D eigenvalue weighted by Crippen LogP contribution is -2.13. The van der Waals surface area contributed by atoms with Crippen LogP contribution >= 0.6 is 11.6 Å². The van der Waals surface area contributed by atoms with E-state index in [4.69, 9.17) is 21.6 Å². The molecule has 0 bridgehead atoms. The lowest BCUT2D eigenvalue weighted by Gasteiger charge is -2.16. The van der Waals surface area contributed by atoms with E-state index in [0.29, 0.717) is 23.8 Å². The highest BCUT2D eigenvalue weighted by molar-refractivity contribution is 6.32. The van der Waals surface area contributed by atoms with Crippen molar-refractivity contribution >= 4 is 11.6 Å². The Morgan fingerprint density at radius 1 is 1.42 bits per heavy atom. The van der Waals surface area contributed by atoms with Gasteiger partial charge in [0.05, 0.1) is 23.1 Å². The molecule has 0 aliphatic rings. The van der Waals surface area contributed by atoms with Crippen molar-refractivity contribution in [3.63, 3.8) is 0 Å². The van der Waals surface area contributed by atoms with Crippen LogP contribution in [0.25, 0.3) is 0 Å². The summed E-state index contributed by atoms with van der Waals surface area (Å²) >= 11 is 6.17. The summed E-state index contributed by atoms with van der Waals surface area (Å²) in [5.74, 6) is 0.677. The molecular formula is C15H21ClN2O. The maximum Gasteiger partial charge on any atom is 0.137 e.